The summed E-state index contributed by atoms with van der Waals surface area (Å²) in [5.41, 5.74) is 3.74. The fourth-order valence-corrected chi connectivity index (χ4v) is 2.73. The molecule has 0 amide bonds. The van der Waals surface area contributed by atoms with Gasteiger partial charge in [-0.3, -0.25) is 4.99 Å². The molecule has 0 fully saturated rings. The van der Waals surface area contributed by atoms with Crippen molar-refractivity contribution in [3.63, 3.8) is 0 Å². The molecule has 1 unspecified atom stereocenters. The van der Waals surface area contributed by atoms with Crippen LogP contribution in [0.1, 0.15) is 22.7 Å². The highest BCUT2D eigenvalue weighted by Crippen LogP contribution is 2.18. The van der Waals surface area contributed by atoms with Crippen LogP contribution in [0.25, 0.3) is 0 Å². The quantitative estimate of drug-likeness (QED) is 0.360. The van der Waals surface area contributed by atoms with Crippen LogP contribution < -0.4 is 15.4 Å². The summed E-state index contributed by atoms with van der Waals surface area (Å²) < 4.78 is 5.19. The van der Waals surface area contributed by atoms with Gasteiger partial charge in [0.2, 0.25) is 0 Å². The van der Waals surface area contributed by atoms with Gasteiger partial charge in [-0.1, -0.05) is 42.0 Å². The number of likely N-dealkylation sites (N-methyl/N-ethyl adjacent to an activating group) is 1. The van der Waals surface area contributed by atoms with E-state index < -0.39 is 0 Å². The van der Waals surface area contributed by atoms with Crippen LogP contribution in [0, 0.1) is 6.92 Å². The van der Waals surface area contributed by atoms with Gasteiger partial charge < -0.3 is 20.3 Å². The smallest absolute Gasteiger partial charge is 0.191 e. The van der Waals surface area contributed by atoms with Gasteiger partial charge in [0.1, 0.15) is 5.75 Å². The molecule has 1 atom stereocenters. The molecule has 27 heavy (non-hydrogen) atoms. The summed E-state index contributed by atoms with van der Waals surface area (Å²) in [5, 5.41) is 6.79. The summed E-state index contributed by atoms with van der Waals surface area (Å²) in [6, 6.07) is 17.0. The Hall–Kier alpha value is -1.80. The van der Waals surface area contributed by atoms with Crippen LogP contribution in [0.2, 0.25) is 0 Å². The number of guanidine groups is 1. The topological polar surface area (TPSA) is 48.9 Å². The maximum atomic E-state index is 5.19. The SMILES string of the molecule is CN=C(NCc1ccc(OC)cc1)NCC(c1ccc(C)cc1)N(C)C.I. The zero-order valence-corrected chi connectivity index (χ0v) is 19.2. The van der Waals surface area contributed by atoms with Crippen molar-refractivity contribution in [3.05, 3.63) is 65.2 Å². The van der Waals surface area contributed by atoms with Crippen LogP contribution in [0.4, 0.5) is 0 Å². The van der Waals surface area contributed by atoms with Gasteiger partial charge in [0.15, 0.2) is 5.96 Å². The Morgan fingerprint density at radius 1 is 1.04 bits per heavy atom. The van der Waals surface area contributed by atoms with Crippen molar-refractivity contribution in [2.75, 3.05) is 34.8 Å². The molecular weight excluding hydrogens is 451 g/mol. The molecular formula is C21H31IN4O. The van der Waals surface area contributed by atoms with Crippen LogP contribution in [-0.2, 0) is 6.54 Å². The number of halogens is 1. The zero-order chi connectivity index (χ0) is 18.9. The fourth-order valence-electron chi connectivity index (χ4n) is 2.73. The van der Waals surface area contributed by atoms with E-state index in [1.165, 1.54) is 16.7 Å². The molecule has 0 radical (unpaired) electrons. The summed E-state index contributed by atoms with van der Waals surface area (Å²) in [5.74, 6) is 1.66. The predicted molar refractivity (Wildman–Crippen MR) is 124 cm³/mol. The predicted octanol–water partition coefficient (Wildman–Crippen LogP) is 3.59. The molecule has 0 aliphatic carbocycles. The summed E-state index contributed by atoms with van der Waals surface area (Å²) in [4.78, 5) is 6.54. The van der Waals surface area contributed by atoms with Crippen LogP contribution in [0.3, 0.4) is 0 Å². The molecule has 2 rings (SSSR count). The maximum absolute atomic E-state index is 5.19. The van der Waals surface area contributed by atoms with Gasteiger partial charge >= 0.3 is 0 Å². The van der Waals surface area contributed by atoms with Crippen LogP contribution >= 0.6 is 24.0 Å². The normalized spacial score (nSPS) is 12.3. The molecule has 2 aromatic carbocycles. The molecule has 0 heterocycles. The molecule has 0 saturated heterocycles. The number of aliphatic imine (C=N–C) groups is 1. The highest BCUT2D eigenvalue weighted by Gasteiger charge is 2.14. The van der Waals surface area contributed by atoms with Crippen molar-refractivity contribution in [1.82, 2.24) is 15.5 Å². The van der Waals surface area contributed by atoms with Crippen molar-refractivity contribution in [2.24, 2.45) is 4.99 Å². The van der Waals surface area contributed by atoms with Crippen LogP contribution in [-0.4, -0.2) is 45.7 Å². The van der Waals surface area contributed by atoms with E-state index in [-0.39, 0.29) is 30.0 Å². The Bertz CT molecular complexity index is 699. The second-order valence-electron chi connectivity index (χ2n) is 6.54. The summed E-state index contributed by atoms with van der Waals surface area (Å²) in [7, 11) is 7.66. The van der Waals surface area contributed by atoms with E-state index in [0.717, 1.165) is 18.3 Å². The van der Waals surface area contributed by atoms with Gasteiger partial charge in [-0.2, -0.15) is 0 Å². The van der Waals surface area contributed by atoms with E-state index in [9.17, 15) is 0 Å². The molecule has 0 spiro atoms. The number of nitrogens with zero attached hydrogens (tertiary/aromatic N) is 2. The first kappa shape index (κ1) is 23.2. The van der Waals surface area contributed by atoms with E-state index in [2.05, 4.69) is 65.8 Å². The minimum Gasteiger partial charge on any atom is -0.497 e. The number of ether oxygens (including phenoxy) is 1. The second-order valence-corrected chi connectivity index (χ2v) is 6.54. The monoisotopic (exact) mass is 482 g/mol. The molecule has 0 bridgehead atoms. The lowest BCUT2D eigenvalue weighted by atomic mass is 10.0. The third kappa shape index (κ3) is 7.38. The third-order valence-corrected chi connectivity index (χ3v) is 4.39. The molecule has 0 saturated carbocycles. The van der Waals surface area contributed by atoms with Gasteiger partial charge in [-0.15, -0.1) is 24.0 Å². The number of hydrogen-bond acceptors (Lipinski definition) is 3. The minimum absolute atomic E-state index is 0. The summed E-state index contributed by atoms with van der Waals surface area (Å²) in [6.45, 7) is 3.59. The van der Waals surface area contributed by atoms with E-state index in [4.69, 9.17) is 4.74 Å². The second kappa shape index (κ2) is 11.8. The molecule has 5 nitrogen and oxygen atoms in total. The number of methoxy groups -OCH3 is 1. The van der Waals surface area contributed by atoms with Gasteiger partial charge in [-0.25, -0.2) is 0 Å². The van der Waals surface area contributed by atoms with E-state index >= 15 is 0 Å². The largest absolute Gasteiger partial charge is 0.497 e. The molecule has 0 aromatic heterocycles. The summed E-state index contributed by atoms with van der Waals surface area (Å²) in [6.07, 6.45) is 0. The number of rotatable bonds is 7. The average Bonchev–Trinajstić information content (AvgIpc) is 2.66. The van der Waals surface area contributed by atoms with Gasteiger partial charge in [0, 0.05) is 20.1 Å². The Morgan fingerprint density at radius 3 is 2.19 bits per heavy atom. The molecule has 2 aromatic rings. The first-order valence-corrected chi connectivity index (χ1v) is 8.84. The third-order valence-electron chi connectivity index (χ3n) is 4.39. The van der Waals surface area contributed by atoms with Crippen molar-refractivity contribution in [1.29, 1.82) is 0 Å². The molecule has 0 aliphatic heterocycles. The summed E-state index contributed by atoms with van der Waals surface area (Å²) >= 11 is 0. The van der Waals surface area contributed by atoms with Gasteiger partial charge in [0.05, 0.1) is 13.2 Å². The fraction of sp³-hybridized carbons (Fsp3) is 0.381. The van der Waals surface area contributed by atoms with Crippen LogP contribution in [0.5, 0.6) is 5.75 Å². The Morgan fingerprint density at radius 2 is 1.67 bits per heavy atom. The molecule has 6 heteroatoms. The Balaban J connectivity index is 0.00000364. The van der Waals surface area contributed by atoms with E-state index in [1.54, 1.807) is 14.2 Å². The highest BCUT2D eigenvalue weighted by atomic mass is 127. The van der Waals surface area contributed by atoms with Gasteiger partial charge in [0.25, 0.3) is 0 Å². The number of hydrogen-bond donors (Lipinski definition) is 2. The van der Waals surface area contributed by atoms with Crippen molar-refractivity contribution >= 4 is 29.9 Å². The first-order valence-electron chi connectivity index (χ1n) is 8.84. The first-order chi connectivity index (χ1) is 12.5. The lowest BCUT2D eigenvalue weighted by Crippen LogP contribution is -2.41. The molecule has 0 aliphatic rings. The van der Waals surface area contributed by atoms with E-state index in [0.29, 0.717) is 6.54 Å². The minimum atomic E-state index is 0. The number of benzene rings is 2. The average molecular weight is 482 g/mol. The zero-order valence-electron chi connectivity index (χ0n) is 16.8. The Labute approximate surface area is 180 Å². The van der Waals surface area contributed by atoms with E-state index in [1.807, 2.05) is 24.3 Å². The van der Waals surface area contributed by atoms with Crippen LogP contribution in [0.15, 0.2) is 53.5 Å². The maximum Gasteiger partial charge on any atom is 0.191 e. The highest BCUT2D eigenvalue weighted by molar-refractivity contribution is 14.0. The van der Waals surface area contributed by atoms with Gasteiger partial charge in [-0.05, 0) is 44.3 Å². The van der Waals surface area contributed by atoms with Crippen molar-refractivity contribution < 1.29 is 4.74 Å². The molecule has 148 valence electrons. The number of nitrogens with one attached hydrogen (secondary N) is 2. The lowest BCUT2D eigenvalue weighted by Gasteiger charge is -2.26. The Kier molecular flexibility index (Phi) is 10.2. The number of aryl methyl sites for hydroxylation is 1. The van der Waals surface area contributed by atoms with Crippen molar-refractivity contribution in [3.8, 4) is 5.75 Å². The van der Waals surface area contributed by atoms with Crippen molar-refractivity contribution in [2.45, 2.75) is 19.5 Å². The lowest BCUT2D eigenvalue weighted by molar-refractivity contribution is 0.298. The standard InChI is InChI=1S/C21H30N4O.HI/c1-16-6-10-18(11-7-16)20(25(3)4)15-24-21(22-2)23-14-17-8-12-19(26-5)13-9-17;/h6-13,20H,14-15H2,1-5H3,(H2,22,23,24);1H. The molecule has 2 N–H and O–H groups in total.